The minimum absolute atomic E-state index is 0.0718. The zero-order valence-electron chi connectivity index (χ0n) is 19.9. The van der Waals surface area contributed by atoms with E-state index in [4.69, 9.17) is 26.2 Å². The molecule has 196 valence electrons. The second kappa shape index (κ2) is 13.0. The zero-order chi connectivity index (χ0) is 26.1. The van der Waals surface area contributed by atoms with E-state index in [-0.39, 0.29) is 31.2 Å². The van der Waals surface area contributed by atoms with Crippen molar-refractivity contribution < 1.29 is 32.6 Å². The Bertz CT molecular complexity index is 1120. The fourth-order valence-electron chi connectivity index (χ4n) is 3.57. The quantitative estimate of drug-likeness (QED) is 0.440. The van der Waals surface area contributed by atoms with E-state index < -0.39 is 27.9 Å². The molecule has 2 aromatic carbocycles. The Hall–Kier alpha value is -2.70. The number of aliphatic hydroxyl groups excluding tert-OH is 1. The number of hydrogen-bond donors (Lipinski definition) is 2. The molecule has 0 saturated carbocycles. The SMILES string of the molecule is C[C@@H](C(=O)NCCO)N(Cc1ccc(Cl)cc1)C(=O)COc1ccc(S(=O)(=O)N2CCOCC2)cc1. The number of amides is 2. The van der Waals surface area contributed by atoms with Crippen molar-refractivity contribution in [2.45, 2.75) is 24.4 Å². The molecule has 1 atom stereocenters. The number of nitrogens with one attached hydrogen (secondary N) is 1. The maximum Gasteiger partial charge on any atom is 0.261 e. The molecule has 10 nitrogen and oxygen atoms in total. The molecule has 36 heavy (non-hydrogen) atoms. The Labute approximate surface area is 215 Å². The summed E-state index contributed by atoms with van der Waals surface area (Å²) in [5, 5.41) is 12.1. The van der Waals surface area contributed by atoms with Gasteiger partial charge in [0.05, 0.1) is 24.7 Å². The second-order valence-electron chi connectivity index (χ2n) is 8.12. The molecular formula is C24H30ClN3O7S. The lowest BCUT2D eigenvalue weighted by Crippen LogP contribution is -2.49. The van der Waals surface area contributed by atoms with E-state index in [1.807, 2.05) is 0 Å². The highest BCUT2D eigenvalue weighted by molar-refractivity contribution is 7.89. The lowest BCUT2D eigenvalue weighted by molar-refractivity contribution is -0.142. The summed E-state index contributed by atoms with van der Waals surface area (Å²) in [5.74, 6) is -0.543. The molecule has 0 spiro atoms. The third-order valence-electron chi connectivity index (χ3n) is 5.64. The van der Waals surface area contributed by atoms with Crippen LogP contribution in [0, 0.1) is 0 Å². The molecule has 2 N–H and O–H groups in total. The van der Waals surface area contributed by atoms with E-state index in [9.17, 15) is 18.0 Å². The smallest absolute Gasteiger partial charge is 0.261 e. The highest BCUT2D eigenvalue weighted by Gasteiger charge is 2.28. The monoisotopic (exact) mass is 539 g/mol. The molecule has 2 amide bonds. The predicted octanol–water partition coefficient (Wildman–Crippen LogP) is 1.27. The van der Waals surface area contributed by atoms with Crippen LogP contribution < -0.4 is 10.1 Å². The number of benzene rings is 2. The van der Waals surface area contributed by atoms with Crippen molar-refractivity contribution in [3.05, 3.63) is 59.1 Å². The molecule has 2 aromatic rings. The number of ether oxygens (including phenoxy) is 2. The van der Waals surface area contributed by atoms with Gasteiger partial charge in [-0.1, -0.05) is 23.7 Å². The topological polar surface area (TPSA) is 125 Å². The van der Waals surface area contributed by atoms with E-state index in [2.05, 4.69) is 5.32 Å². The number of rotatable bonds is 11. The molecule has 1 aliphatic rings. The molecule has 1 aliphatic heterocycles. The van der Waals surface area contributed by atoms with Crippen LogP contribution in [-0.2, 0) is 30.9 Å². The van der Waals surface area contributed by atoms with Gasteiger partial charge in [0.15, 0.2) is 6.61 Å². The fraction of sp³-hybridized carbons (Fsp3) is 0.417. The van der Waals surface area contributed by atoms with E-state index in [1.165, 1.54) is 33.5 Å². The Morgan fingerprint density at radius 2 is 1.78 bits per heavy atom. The minimum atomic E-state index is -3.64. The van der Waals surface area contributed by atoms with Gasteiger partial charge in [-0.2, -0.15) is 4.31 Å². The summed E-state index contributed by atoms with van der Waals surface area (Å²) in [7, 11) is -3.64. The zero-order valence-corrected chi connectivity index (χ0v) is 21.5. The Morgan fingerprint density at radius 1 is 1.14 bits per heavy atom. The number of carbonyl (C=O) groups excluding carboxylic acids is 2. The van der Waals surface area contributed by atoms with Gasteiger partial charge in [0.25, 0.3) is 5.91 Å². The molecule has 0 aliphatic carbocycles. The number of carbonyl (C=O) groups is 2. The van der Waals surface area contributed by atoms with Crippen LogP contribution in [0.1, 0.15) is 12.5 Å². The number of hydrogen-bond acceptors (Lipinski definition) is 7. The van der Waals surface area contributed by atoms with E-state index in [1.54, 1.807) is 31.2 Å². The maximum absolute atomic E-state index is 13.1. The number of sulfonamides is 1. The number of halogens is 1. The maximum atomic E-state index is 13.1. The van der Waals surface area contributed by atoms with Gasteiger partial charge in [0.2, 0.25) is 15.9 Å². The van der Waals surface area contributed by atoms with Crippen LogP contribution in [0.25, 0.3) is 0 Å². The van der Waals surface area contributed by atoms with Crippen LogP contribution in [0.5, 0.6) is 5.75 Å². The molecule has 0 radical (unpaired) electrons. The normalized spacial score (nSPS) is 15.2. The van der Waals surface area contributed by atoms with Crippen LogP contribution in [0.3, 0.4) is 0 Å². The average Bonchev–Trinajstić information content (AvgIpc) is 2.90. The fourth-order valence-corrected chi connectivity index (χ4v) is 5.10. The molecule has 0 aromatic heterocycles. The first-order valence-corrected chi connectivity index (χ1v) is 13.3. The van der Waals surface area contributed by atoms with Crippen LogP contribution in [-0.4, -0.2) is 86.6 Å². The van der Waals surface area contributed by atoms with Crippen LogP contribution >= 0.6 is 11.6 Å². The Morgan fingerprint density at radius 3 is 2.39 bits per heavy atom. The van der Waals surface area contributed by atoms with Gasteiger partial charge in [-0.05, 0) is 48.9 Å². The molecule has 1 fully saturated rings. The molecule has 3 rings (SSSR count). The summed E-state index contributed by atoms with van der Waals surface area (Å²) in [6.45, 7) is 2.52. The van der Waals surface area contributed by atoms with Crippen LogP contribution in [0.4, 0.5) is 0 Å². The average molecular weight is 540 g/mol. The van der Waals surface area contributed by atoms with E-state index in [0.29, 0.717) is 37.1 Å². The lowest BCUT2D eigenvalue weighted by atomic mass is 10.1. The third kappa shape index (κ3) is 7.40. The molecular weight excluding hydrogens is 510 g/mol. The lowest BCUT2D eigenvalue weighted by Gasteiger charge is -2.28. The molecule has 0 unspecified atom stereocenters. The Kier molecular flexibility index (Phi) is 10.1. The number of nitrogens with zero attached hydrogens (tertiary/aromatic N) is 2. The van der Waals surface area contributed by atoms with Crippen molar-refractivity contribution in [1.82, 2.24) is 14.5 Å². The van der Waals surface area contributed by atoms with Gasteiger partial charge in [0, 0.05) is 31.2 Å². The minimum Gasteiger partial charge on any atom is -0.484 e. The van der Waals surface area contributed by atoms with E-state index >= 15 is 0 Å². The summed E-state index contributed by atoms with van der Waals surface area (Å²) in [4.78, 5) is 27.0. The van der Waals surface area contributed by atoms with Crippen molar-refractivity contribution in [2.75, 3.05) is 46.1 Å². The van der Waals surface area contributed by atoms with Gasteiger partial charge >= 0.3 is 0 Å². The Balaban J connectivity index is 1.67. The molecule has 12 heteroatoms. The van der Waals surface area contributed by atoms with Gasteiger partial charge in [-0.3, -0.25) is 9.59 Å². The summed E-state index contributed by atoms with van der Waals surface area (Å²) in [6, 6.07) is 11.9. The van der Waals surface area contributed by atoms with Crippen molar-refractivity contribution >= 4 is 33.4 Å². The van der Waals surface area contributed by atoms with Gasteiger partial charge in [-0.25, -0.2) is 8.42 Å². The summed E-state index contributed by atoms with van der Waals surface area (Å²) in [5.41, 5.74) is 0.771. The van der Waals surface area contributed by atoms with Crippen molar-refractivity contribution in [3.63, 3.8) is 0 Å². The highest BCUT2D eigenvalue weighted by Crippen LogP contribution is 2.21. The first-order chi connectivity index (χ1) is 17.2. The van der Waals surface area contributed by atoms with Gasteiger partial charge in [-0.15, -0.1) is 0 Å². The first-order valence-electron chi connectivity index (χ1n) is 11.5. The van der Waals surface area contributed by atoms with E-state index in [0.717, 1.165) is 5.56 Å². The first kappa shape index (κ1) is 27.9. The standard InChI is InChI=1S/C24H30ClN3O7S/c1-18(24(31)26-10-13-29)28(16-19-2-4-20(25)5-3-19)23(30)17-35-21-6-8-22(9-7-21)36(32,33)27-11-14-34-15-12-27/h2-9,18,29H,10-17H2,1H3,(H,26,31)/t18-/m0/s1. The van der Waals surface area contributed by atoms with Crippen LogP contribution in [0.2, 0.25) is 5.02 Å². The third-order valence-corrected chi connectivity index (χ3v) is 7.80. The van der Waals surface area contributed by atoms with Crippen molar-refractivity contribution in [3.8, 4) is 5.75 Å². The molecule has 0 bridgehead atoms. The van der Waals surface area contributed by atoms with Crippen molar-refractivity contribution in [2.24, 2.45) is 0 Å². The highest BCUT2D eigenvalue weighted by atomic mass is 35.5. The largest absolute Gasteiger partial charge is 0.484 e. The van der Waals surface area contributed by atoms with Gasteiger partial charge in [0.1, 0.15) is 11.8 Å². The molecule has 1 saturated heterocycles. The second-order valence-corrected chi connectivity index (χ2v) is 10.5. The predicted molar refractivity (Wildman–Crippen MR) is 133 cm³/mol. The van der Waals surface area contributed by atoms with Crippen LogP contribution in [0.15, 0.2) is 53.4 Å². The number of morpholine rings is 1. The summed E-state index contributed by atoms with van der Waals surface area (Å²) >= 11 is 5.95. The summed E-state index contributed by atoms with van der Waals surface area (Å²) in [6.07, 6.45) is 0. The van der Waals surface area contributed by atoms with Gasteiger partial charge < -0.3 is 24.8 Å². The molecule has 1 heterocycles. The summed E-state index contributed by atoms with van der Waals surface area (Å²) < 4.78 is 37.7. The van der Waals surface area contributed by atoms with Crippen molar-refractivity contribution in [1.29, 1.82) is 0 Å². The number of aliphatic hydroxyl groups is 1.